The van der Waals surface area contributed by atoms with Gasteiger partial charge in [-0.3, -0.25) is 9.48 Å². The first kappa shape index (κ1) is 22.5. The molecule has 3 aromatic rings. The van der Waals surface area contributed by atoms with E-state index in [1.54, 1.807) is 26.7 Å². The van der Waals surface area contributed by atoms with E-state index in [2.05, 4.69) is 37.3 Å². The number of ether oxygens (including phenoxy) is 1. The number of anilines is 3. The Morgan fingerprint density at radius 3 is 2.97 bits per heavy atom. The smallest absolute Gasteiger partial charge is 0.256 e. The summed E-state index contributed by atoms with van der Waals surface area (Å²) in [5, 5.41) is 10.2. The van der Waals surface area contributed by atoms with E-state index < -0.39 is 18.1 Å². The molecule has 4 heterocycles. The van der Waals surface area contributed by atoms with Crippen molar-refractivity contribution in [3.8, 4) is 5.88 Å². The molecule has 3 aromatic heterocycles. The molecule has 13 heteroatoms. The molecule has 0 saturated carbocycles. The van der Waals surface area contributed by atoms with Crippen molar-refractivity contribution in [2.24, 2.45) is 12.8 Å². The molecule has 0 bridgehead atoms. The fraction of sp³-hybridized carbons (Fsp3) is 0.450. The number of aryl methyl sites for hydroxylation is 2. The number of carbonyl (C=O) groups excluding carboxylic acids is 1. The average molecular weight is 459 g/mol. The number of nitrogens with two attached hydrogens (primary N) is 1. The number of halogens is 1. The molecular formula is C20H27FN10O2. The summed E-state index contributed by atoms with van der Waals surface area (Å²) in [7, 11) is 3.35. The topological polar surface area (TPSA) is 141 Å². The third kappa shape index (κ3) is 4.58. The zero-order valence-electron chi connectivity index (χ0n) is 18.5. The predicted molar refractivity (Wildman–Crippen MR) is 121 cm³/mol. The summed E-state index contributed by atoms with van der Waals surface area (Å²) in [5.74, 6) is 0.726. The Balaban J connectivity index is 1.65. The molecule has 2 atom stereocenters. The van der Waals surface area contributed by atoms with E-state index in [-0.39, 0.29) is 13.1 Å². The van der Waals surface area contributed by atoms with Crippen molar-refractivity contribution in [2.45, 2.75) is 25.2 Å². The molecule has 33 heavy (non-hydrogen) atoms. The Hall–Kier alpha value is -3.74. The van der Waals surface area contributed by atoms with Gasteiger partial charge < -0.3 is 30.6 Å². The molecule has 0 aromatic carbocycles. The highest BCUT2D eigenvalue weighted by molar-refractivity contribution is 5.88. The lowest BCUT2D eigenvalue weighted by Crippen LogP contribution is -2.40. The number of alkyl halides is 1. The second-order valence-electron chi connectivity index (χ2n) is 7.72. The standard InChI is InChI=1S/C20H27FN10O2/c1-4-15(32)24-13-9-30(8-12(13)21)20-26-17(16-18(27-20)29(2)11-23-16)25-14-10-31(7-5-6-22)28-19(14)33-3/h4,10-13H,1,5-9,22H2,2-3H3,(H,24,32)(H,25,26,27)/t12-,13-/m1/s1. The Morgan fingerprint density at radius 2 is 2.24 bits per heavy atom. The highest BCUT2D eigenvalue weighted by atomic mass is 19.1. The lowest BCUT2D eigenvalue weighted by Gasteiger charge is -2.17. The van der Waals surface area contributed by atoms with Gasteiger partial charge in [0, 0.05) is 20.1 Å². The van der Waals surface area contributed by atoms with Crippen molar-refractivity contribution in [3.05, 3.63) is 25.2 Å². The number of hydrogen-bond donors (Lipinski definition) is 3. The van der Waals surface area contributed by atoms with Crippen LogP contribution in [-0.4, -0.2) is 74.2 Å². The number of hydrogen-bond acceptors (Lipinski definition) is 9. The van der Waals surface area contributed by atoms with E-state index in [0.29, 0.717) is 47.6 Å². The van der Waals surface area contributed by atoms with Crippen LogP contribution in [0.25, 0.3) is 11.2 Å². The van der Waals surface area contributed by atoms with E-state index in [9.17, 15) is 9.18 Å². The summed E-state index contributed by atoms with van der Waals surface area (Å²) in [6.45, 7) is 4.88. The van der Waals surface area contributed by atoms with Gasteiger partial charge in [-0.1, -0.05) is 6.58 Å². The molecule has 1 saturated heterocycles. The molecule has 1 amide bonds. The molecule has 0 spiro atoms. The normalized spacial score (nSPS) is 18.0. The molecule has 0 unspecified atom stereocenters. The lowest BCUT2D eigenvalue weighted by atomic mass is 10.2. The van der Waals surface area contributed by atoms with Gasteiger partial charge in [-0.25, -0.2) is 9.37 Å². The van der Waals surface area contributed by atoms with Crippen LogP contribution < -0.4 is 26.0 Å². The first-order valence-electron chi connectivity index (χ1n) is 10.5. The molecule has 1 fully saturated rings. The quantitative estimate of drug-likeness (QED) is 0.391. The van der Waals surface area contributed by atoms with Gasteiger partial charge in [0.25, 0.3) is 5.88 Å². The zero-order chi connectivity index (χ0) is 23.5. The van der Waals surface area contributed by atoms with Gasteiger partial charge in [0.05, 0.1) is 32.2 Å². The van der Waals surface area contributed by atoms with E-state index in [4.69, 9.17) is 10.5 Å². The van der Waals surface area contributed by atoms with Gasteiger partial charge >= 0.3 is 0 Å². The van der Waals surface area contributed by atoms with Crippen molar-refractivity contribution in [2.75, 3.05) is 37.0 Å². The summed E-state index contributed by atoms with van der Waals surface area (Å²) in [6.07, 6.45) is 4.06. The van der Waals surface area contributed by atoms with Crippen LogP contribution in [0.4, 0.5) is 21.8 Å². The third-order valence-corrected chi connectivity index (χ3v) is 5.36. The Morgan fingerprint density at radius 1 is 1.42 bits per heavy atom. The number of imidazole rings is 1. The van der Waals surface area contributed by atoms with Crippen LogP contribution in [0.15, 0.2) is 25.2 Å². The molecule has 176 valence electrons. The minimum atomic E-state index is -1.27. The van der Waals surface area contributed by atoms with E-state index in [0.717, 1.165) is 12.5 Å². The molecule has 1 aliphatic heterocycles. The molecule has 1 aliphatic rings. The van der Waals surface area contributed by atoms with Crippen molar-refractivity contribution < 1.29 is 13.9 Å². The van der Waals surface area contributed by atoms with Crippen LogP contribution >= 0.6 is 0 Å². The van der Waals surface area contributed by atoms with Gasteiger partial charge in [-0.05, 0) is 19.0 Å². The van der Waals surface area contributed by atoms with Crippen molar-refractivity contribution in [1.82, 2.24) is 34.6 Å². The highest BCUT2D eigenvalue weighted by Crippen LogP contribution is 2.30. The second-order valence-corrected chi connectivity index (χ2v) is 7.72. The van der Waals surface area contributed by atoms with Crippen LogP contribution in [-0.2, 0) is 18.4 Å². The van der Waals surface area contributed by atoms with E-state index in [1.165, 1.54) is 7.11 Å². The third-order valence-electron chi connectivity index (χ3n) is 5.36. The van der Waals surface area contributed by atoms with E-state index >= 15 is 0 Å². The Kier molecular flexibility index (Phi) is 6.40. The molecule has 0 radical (unpaired) electrons. The van der Waals surface area contributed by atoms with Crippen LogP contribution in [0.3, 0.4) is 0 Å². The lowest BCUT2D eigenvalue weighted by molar-refractivity contribution is -0.117. The SMILES string of the molecule is C=CC(=O)N[C@@H]1CN(c2nc(Nc3cn(CCCN)nc3OC)c3ncn(C)c3n2)C[C@H]1F. The predicted octanol–water partition coefficient (Wildman–Crippen LogP) is 0.490. The first-order valence-corrected chi connectivity index (χ1v) is 10.5. The summed E-state index contributed by atoms with van der Waals surface area (Å²) in [6, 6.07) is -0.682. The van der Waals surface area contributed by atoms with Gasteiger partial charge in [0.15, 0.2) is 17.0 Å². The van der Waals surface area contributed by atoms with Crippen molar-refractivity contribution in [3.63, 3.8) is 0 Å². The average Bonchev–Trinajstić information content (AvgIpc) is 3.49. The first-order chi connectivity index (χ1) is 15.9. The van der Waals surface area contributed by atoms with Gasteiger partial charge in [-0.15, -0.1) is 5.10 Å². The maximum Gasteiger partial charge on any atom is 0.256 e. The number of rotatable bonds is 9. The highest BCUT2D eigenvalue weighted by Gasteiger charge is 2.35. The van der Waals surface area contributed by atoms with Crippen LogP contribution in [0.1, 0.15) is 6.42 Å². The number of carbonyl (C=O) groups is 1. The fourth-order valence-corrected chi connectivity index (χ4v) is 3.66. The Labute approximate surface area is 189 Å². The molecule has 4 N–H and O–H groups in total. The monoisotopic (exact) mass is 458 g/mol. The van der Waals surface area contributed by atoms with E-state index in [1.807, 2.05) is 7.05 Å². The summed E-state index contributed by atoms with van der Waals surface area (Å²) in [4.78, 5) is 26.9. The number of methoxy groups -OCH3 is 1. The van der Waals surface area contributed by atoms with Crippen molar-refractivity contribution in [1.29, 1.82) is 0 Å². The maximum absolute atomic E-state index is 14.6. The number of aromatic nitrogens is 6. The molecular weight excluding hydrogens is 431 g/mol. The summed E-state index contributed by atoms with van der Waals surface area (Å²) in [5.41, 5.74) is 7.32. The number of nitrogens with zero attached hydrogens (tertiary/aromatic N) is 7. The number of amides is 1. The van der Waals surface area contributed by atoms with Gasteiger partial charge in [0.2, 0.25) is 11.9 Å². The second kappa shape index (κ2) is 9.40. The zero-order valence-corrected chi connectivity index (χ0v) is 18.5. The van der Waals surface area contributed by atoms with Gasteiger partial charge in [-0.2, -0.15) is 9.97 Å². The maximum atomic E-state index is 14.6. The molecule has 12 nitrogen and oxygen atoms in total. The van der Waals surface area contributed by atoms with Crippen molar-refractivity contribution >= 4 is 34.5 Å². The van der Waals surface area contributed by atoms with Crippen LogP contribution in [0.2, 0.25) is 0 Å². The largest absolute Gasteiger partial charge is 0.478 e. The molecule has 4 rings (SSSR count). The molecule has 0 aliphatic carbocycles. The fourth-order valence-electron chi connectivity index (χ4n) is 3.66. The summed E-state index contributed by atoms with van der Waals surface area (Å²) >= 11 is 0. The minimum Gasteiger partial charge on any atom is -0.478 e. The minimum absolute atomic E-state index is 0.0469. The van der Waals surface area contributed by atoms with Crippen LogP contribution in [0, 0.1) is 0 Å². The van der Waals surface area contributed by atoms with Gasteiger partial charge in [0.1, 0.15) is 11.9 Å². The number of nitrogens with one attached hydrogen (secondary N) is 2. The Bertz CT molecular complexity index is 1160. The number of fused-ring (bicyclic) bond motifs is 1. The van der Waals surface area contributed by atoms with Crippen LogP contribution in [0.5, 0.6) is 5.88 Å². The summed E-state index contributed by atoms with van der Waals surface area (Å²) < 4.78 is 23.5.